The Labute approximate surface area is 292 Å². The Kier molecular flexibility index (Phi) is 13.3. The summed E-state index contributed by atoms with van der Waals surface area (Å²) in [6, 6.07) is 6.81. The molecule has 4 rings (SSSR count). The number of carbonyl (C=O) groups is 4. The van der Waals surface area contributed by atoms with Gasteiger partial charge in [0.15, 0.2) is 0 Å². The van der Waals surface area contributed by atoms with Crippen LogP contribution in [0.25, 0.3) is 0 Å². The molecule has 2 bridgehead atoms. The highest BCUT2D eigenvalue weighted by atomic mass is 79.9. The van der Waals surface area contributed by atoms with E-state index in [1.165, 1.54) is 0 Å². The van der Waals surface area contributed by atoms with Gasteiger partial charge >= 0.3 is 5.97 Å². The van der Waals surface area contributed by atoms with Gasteiger partial charge in [-0.2, -0.15) is 0 Å². The number of fused-ring (bicyclic) bond motifs is 1. The van der Waals surface area contributed by atoms with E-state index in [1.807, 2.05) is 24.3 Å². The zero-order valence-electron chi connectivity index (χ0n) is 28.4. The molecule has 3 saturated heterocycles. The van der Waals surface area contributed by atoms with Gasteiger partial charge in [0.2, 0.25) is 11.8 Å². The second-order valence-corrected chi connectivity index (χ2v) is 14.0. The van der Waals surface area contributed by atoms with E-state index in [0.717, 1.165) is 18.8 Å². The second-order valence-electron chi connectivity index (χ2n) is 12.8. The summed E-state index contributed by atoms with van der Waals surface area (Å²) < 4.78 is 12.5. The van der Waals surface area contributed by atoms with Crippen LogP contribution in [-0.2, 0) is 28.7 Å². The van der Waals surface area contributed by atoms with Gasteiger partial charge < -0.3 is 34.6 Å². The van der Waals surface area contributed by atoms with Gasteiger partial charge in [0.25, 0.3) is 5.91 Å². The minimum Gasteiger partial charge on any atom is -0.460 e. The van der Waals surface area contributed by atoms with Crippen LogP contribution in [0.15, 0.2) is 49.6 Å². The number of hydrogen-bond acceptors (Lipinski definition) is 8. The summed E-state index contributed by atoms with van der Waals surface area (Å²) in [6.07, 6.45) is 5.07. The smallest absolute Gasteiger partial charge is 0.312 e. The van der Waals surface area contributed by atoms with E-state index < -0.39 is 41.7 Å². The maximum absolute atomic E-state index is 14.8. The summed E-state index contributed by atoms with van der Waals surface area (Å²) in [5.74, 6) is -3.18. The molecule has 48 heavy (non-hydrogen) atoms. The van der Waals surface area contributed by atoms with Crippen LogP contribution in [0, 0.1) is 11.8 Å². The number of hydrogen-bond donors (Lipinski definition) is 2. The first-order valence-corrected chi connectivity index (χ1v) is 18.1. The molecule has 12 heteroatoms. The lowest BCUT2D eigenvalue weighted by Gasteiger charge is -2.37. The molecular formula is C36H51BrN4O7. The summed E-state index contributed by atoms with van der Waals surface area (Å²) in [5, 5.41) is 12.1. The molecule has 1 aromatic rings. The SMILES string of the molecule is C=CCCC(=O)NC[C@@H](C)OC(=O)[C@H]1[C@@H]2O[C@@]3(CC2Br)[C@@H]1C(=O)N(CCCCCO)[C@@H]3C(=O)N(CC=C)c1ccc(N(CC)CC)cc1. The fraction of sp³-hybridized carbons (Fsp3) is 0.611. The van der Waals surface area contributed by atoms with Crippen molar-refractivity contribution in [3.63, 3.8) is 0 Å². The number of halogens is 1. The minimum atomic E-state index is -1.24. The molecule has 0 aliphatic carbocycles. The summed E-state index contributed by atoms with van der Waals surface area (Å²) >= 11 is 3.71. The third-order valence-corrected chi connectivity index (χ3v) is 10.5. The normalized spacial score (nSPS) is 26.1. The number of rotatable bonds is 19. The number of carbonyl (C=O) groups excluding carboxylic acids is 4. The van der Waals surface area contributed by atoms with Crippen LogP contribution in [0.5, 0.6) is 0 Å². The van der Waals surface area contributed by atoms with Gasteiger partial charge in [0.05, 0.1) is 24.5 Å². The Balaban J connectivity index is 1.64. The van der Waals surface area contributed by atoms with E-state index in [0.29, 0.717) is 44.2 Å². The average Bonchev–Trinajstić information content (AvgIpc) is 3.67. The third-order valence-electron chi connectivity index (χ3n) is 9.70. The second kappa shape index (κ2) is 16.9. The lowest BCUT2D eigenvalue weighted by Crippen LogP contribution is -2.57. The van der Waals surface area contributed by atoms with Gasteiger partial charge in [-0.25, -0.2) is 0 Å². The number of aliphatic hydroxyl groups excluding tert-OH is 1. The fourth-order valence-electron chi connectivity index (χ4n) is 7.42. The van der Waals surface area contributed by atoms with E-state index >= 15 is 0 Å². The van der Waals surface area contributed by atoms with Crippen molar-refractivity contribution in [3.8, 4) is 0 Å². The standard InChI is InChI=1S/C36H51BrN4O7/c1-6-10-14-28(43)38-23-24(5)47-35(46)29-30-33(44)41(20-12-11-13-21-42)32(36(30)22-27(37)31(29)48-36)34(45)40(19-7-2)26-17-15-25(16-18-26)39(8-3)9-4/h6-7,15-18,24,27,29-32,42H,1-2,8-14,19-23H2,3-5H3,(H,38,43)/t24-,27?,29-,30+,31-,32-,36+/m1/s1. The van der Waals surface area contributed by atoms with Gasteiger partial charge in [-0.3, -0.25) is 19.2 Å². The van der Waals surface area contributed by atoms with Crippen molar-refractivity contribution in [3.05, 3.63) is 49.6 Å². The minimum absolute atomic E-state index is 0.0380. The van der Waals surface area contributed by atoms with E-state index in [1.54, 1.807) is 28.9 Å². The average molecular weight is 732 g/mol. The van der Waals surface area contributed by atoms with Gasteiger partial charge in [-0.05, 0) is 77.1 Å². The molecule has 0 aromatic heterocycles. The van der Waals surface area contributed by atoms with Crippen LogP contribution in [-0.4, -0.2) is 102 Å². The first-order valence-electron chi connectivity index (χ1n) is 17.2. The highest BCUT2D eigenvalue weighted by Crippen LogP contribution is 2.60. The number of aliphatic hydroxyl groups is 1. The van der Waals surface area contributed by atoms with E-state index in [9.17, 15) is 24.3 Å². The van der Waals surface area contributed by atoms with E-state index in [-0.39, 0.29) is 48.8 Å². The van der Waals surface area contributed by atoms with Gasteiger partial charge in [0.1, 0.15) is 17.7 Å². The number of benzene rings is 1. The van der Waals surface area contributed by atoms with Crippen LogP contribution in [0.3, 0.4) is 0 Å². The lowest BCUT2D eigenvalue weighted by atomic mass is 9.70. The number of unbranched alkanes of at least 4 members (excludes halogenated alkanes) is 2. The third kappa shape index (κ3) is 7.65. The first kappa shape index (κ1) is 37.6. The quantitative estimate of drug-likeness (QED) is 0.0948. The number of anilines is 2. The fourth-order valence-corrected chi connectivity index (χ4v) is 8.36. The molecular weight excluding hydrogens is 680 g/mol. The van der Waals surface area contributed by atoms with Crippen LogP contribution in [0.2, 0.25) is 0 Å². The predicted molar refractivity (Wildman–Crippen MR) is 189 cm³/mol. The van der Waals surface area contributed by atoms with E-state index in [4.69, 9.17) is 9.47 Å². The van der Waals surface area contributed by atoms with Crippen molar-refractivity contribution in [2.24, 2.45) is 11.8 Å². The molecule has 11 nitrogen and oxygen atoms in total. The molecule has 2 N–H and O–H groups in total. The van der Waals surface area contributed by atoms with Crippen molar-refractivity contribution in [2.75, 3.05) is 49.1 Å². The molecule has 1 spiro atoms. The Bertz CT molecular complexity index is 1320. The summed E-state index contributed by atoms with van der Waals surface area (Å²) in [5.41, 5.74) is 0.476. The highest BCUT2D eigenvalue weighted by molar-refractivity contribution is 9.09. The number of likely N-dealkylation sites (tertiary alicyclic amines) is 1. The summed E-state index contributed by atoms with van der Waals surface area (Å²) in [4.78, 5) is 60.3. The maximum atomic E-state index is 14.8. The first-order chi connectivity index (χ1) is 23.1. The molecule has 264 valence electrons. The van der Waals surface area contributed by atoms with Crippen molar-refractivity contribution in [1.29, 1.82) is 0 Å². The Hall–Kier alpha value is -3.22. The number of amides is 3. The predicted octanol–water partition coefficient (Wildman–Crippen LogP) is 3.98. The topological polar surface area (TPSA) is 129 Å². The molecule has 3 amide bonds. The van der Waals surface area contributed by atoms with E-state index in [2.05, 4.69) is 53.2 Å². The van der Waals surface area contributed by atoms with Crippen molar-refractivity contribution in [2.45, 2.75) is 88.0 Å². The van der Waals surface area contributed by atoms with Crippen LogP contribution >= 0.6 is 15.9 Å². The number of nitrogens with one attached hydrogen (secondary N) is 1. The zero-order valence-corrected chi connectivity index (χ0v) is 30.0. The van der Waals surface area contributed by atoms with Crippen LogP contribution in [0.4, 0.5) is 11.4 Å². The van der Waals surface area contributed by atoms with Gasteiger partial charge in [-0.1, -0.05) is 28.1 Å². The number of esters is 1. The Morgan fingerprint density at radius 2 is 1.83 bits per heavy atom. The summed E-state index contributed by atoms with van der Waals surface area (Å²) in [6.45, 7) is 15.8. The van der Waals surface area contributed by atoms with Crippen molar-refractivity contribution >= 4 is 51.0 Å². The van der Waals surface area contributed by atoms with Gasteiger partial charge in [-0.15, -0.1) is 13.2 Å². The molecule has 1 unspecified atom stereocenters. The number of allylic oxidation sites excluding steroid dienone is 1. The Morgan fingerprint density at radius 1 is 1.15 bits per heavy atom. The molecule has 3 heterocycles. The van der Waals surface area contributed by atoms with Crippen LogP contribution in [0.1, 0.15) is 59.3 Å². The molecule has 0 radical (unpaired) electrons. The van der Waals surface area contributed by atoms with Crippen molar-refractivity contribution < 1.29 is 33.8 Å². The molecule has 0 saturated carbocycles. The Morgan fingerprint density at radius 3 is 2.46 bits per heavy atom. The number of ether oxygens (including phenoxy) is 2. The highest BCUT2D eigenvalue weighted by Gasteiger charge is 2.77. The van der Waals surface area contributed by atoms with Crippen LogP contribution < -0.4 is 15.1 Å². The van der Waals surface area contributed by atoms with Gasteiger partial charge in [0, 0.05) is 55.4 Å². The summed E-state index contributed by atoms with van der Waals surface area (Å²) in [7, 11) is 0. The zero-order chi connectivity index (χ0) is 35.0. The molecule has 3 aliphatic heterocycles. The number of nitrogens with zero attached hydrogens (tertiary/aromatic N) is 3. The molecule has 3 aliphatic rings. The van der Waals surface area contributed by atoms with Crippen molar-refractivity contribution in [1.82, 2.24) is 10.2 Å². The maximum Gasteiger partial charge on any atom is 0.312 e. The molecule has 1 aromatic carbocycles. The molecule has 7 atom stereocenters. The monoisotopic (exact) mass is 730 g/mol. The lowest BCUT2D eigenvalue weighted by molar-refractivity contribution is -0.159. The largest absolute Gasteiger partial charge is 0.460 e. The number of alkyl halides is 1. The molecule has 3 fully saturated rings.